The second-order valence-corrected chi connectivity index (χ2v) is 5.48. The molecule has 6 heteroatoms. The molecule has 0 aliphatic rings. The minimum Gasteiger partial charge on any atom is -0.497 e. The zero-order valence-corrected chi connectivity index (χ0v) is 12.9. The van der Waals surface area contributed by atoms with Crippen molar-refractivity contribution >= 4 is 22.8 Å². The first-order valence-corrected chi connectivity index (χ1v) is 7.12. The Kier molecular flexibility index (Phi) is 4.40. The molecule has 118 valence electrons. The number of hydrogen-bond acceptors (Lipinski definition) is 3. The summed E-state index contributed by atoms with van der Waals surface area (Å²) in [4.78, 5) is 26.7. The number of carbonyl (C=O) groups is 2. The standard InChI is InChI=1S/C16H20N2O4/c1-4-7-16(2,15(20)21)18-14(19)13-9-10-8-11(22-3)5-6-12(10)17-13/h5-6,8-9,17H,4,7H2,1-3H3,(H,18,19)(H,20,21). The Morgan fingerprint density at radius 1 is 1.36 bits per heavy atom. The molecule has 1 amide bonds. The summed E-state index contributed by atoms with van der Waals surface area (Å²) in [7, 11) is 1.57. The van der Waals surface area contributed by atoms with Crippen LogP contribution in [0.25, 0.3) is 10.9 Å². The van der Waals surface area contributed by atoms with Crippen molar-refractivity contribution in [3.05, 3.63) is 30.0 Å². The number of rotatable bonds is 6. The van der Waals surface area contributed by atoms with Crippen LogP contribution in [0.5, 0.6) is 5.75 Å². The van der Waals surface area contributed by atoms with Crippen LogP contribution in [-0.2, 0) is 4.79 Å². The van der Waals surface area contributed by atoms with Gasteiger partial charge in [0.05, 0.1) is 7.11 Å². The first-order chi connectivity index (χ1) is 10.4. The van der Waals surface area contributed by atoms with Gasteiger partial charge in [0, 0.05) is 10.9 Å². The third kappa shape index (κ3) is 3.05. The summed E-state index contributed by atoms with van der Waals surface area (Å²) in [6, 6.07) is 7.10. The molecule has 0 spiro atoms. The van der Waals surface area contributed by atoms with Crippen molar-refractivity contribution < 1.29 is 19.4 Å². The molecule has 6 nitrogen and oxygen atoms in total. The normalized spacial score (nSPS) is 13.6. The van der Waals surface area contributed by atoms with E-state index in [1.807, 2.05) is 19.1 Å². The first-order valence-electron chi connectivity index (χ1n) is 7.12. The average Bonchev–Trinajstić information content (AvgIpc) is 2.90. The van der Waals surface area contributed by atoms with Crippen LogP contribution in [0.3, 0.4) is 0 Å². The van der Waals surface area contributed by atoms with Crippen molar-refractivity contribution in [3.8, 4) is 5.75 Å². The van der Waals surface area contributed by atoms with E-state index in [4.69, 9.17) is 4.74 Å². The summed E-state index contributed by atoms with van der Waals surface area (Å²) >= 11 is 0. The number of methoxy groups -OCH3 is 1. The number of amides is 1. The summed E-state index contributed by atoms with van der Waals surface area (Å²) in [6.07, 6.45) is 1.02. The molecule has 3 N–H and O–H groups in total. The Balaban J connectivity index is 2.27. The van der Waals surface area contributed by atoms with Crippen LogP contribution in [0.4, 0.5) is 0 Å². The lowest BCUT2D eigenvalue weighted by molar-refractivity contribution is -0.144. The van der Waals surface area contributed by atoms with Gasteiger partial charge in [-0.2, -0.15) is 0 Å². The third-order valence-corrected chi connectivity index (χ3v) is 3.68. The quantitative estimate of drug-likeness (QED) is 0.765. The number of benzene rings is 1. The summed E-state index contributed by atoms with van der Waals surface area (Å²) in [5.74, 6) is -0.784. The van der Waals surface area contributed by atoms with Gasteiger partial charge in [0.2, 0.25) is 0 Å². The van der Waals surface area contributed by atoms with E-state index in [0.29, 0.717) is 24.3 Å². The number of fused-ring (bicyclic) bond motifs is 1. The molecule has 1 heterocycles. The SMILES string of the molecule is CCCC(C)(NC(=O)c1cc2cc(OC)ccc2[nH]1)C(=O)O. The Hall–Kier alpha value is -2.50. The van der Waals surface area contributed by atoms with Crippen LogP contribution in [-0.4, -0.2) is 34.6 Å². The Morgan fingerprint density at radius 3 is 2.68 bits per heavy atom. The highest BCUT2D eigenvalue weighted by atomic mass is 16.5. The van der Waals surface area contributed by atoms with E-state index in [1.165, 1.54) is 6.92 Å². The van der Waals surface area contributed by atoms with Crippen molar-refractivity contribution in [3.63, 3.8) is 0 Å². The number of carboxylic acids is 1. The lowest BCUT2D eigenvalue weighted by Gasteiger charge is -2.25. The maximum absolute atomic E-state index is 12.3. The van der Waals surface area contributed by atoms with E-state index in [2.05, 4.69) is 10.3 Å². The molecule has 0 aliphatic heterocycles. The van der Waals surface area contributed by atoms with Crippen molar-refractivity contribution in [1.82, 2.24) is 10.3 Å². The van der Waals surface area contributed by atoms with Gasteiger partial charge >= 0.3 is 5.97 Å². The van der Waals surface area contributed by atoms with Crippen LogP contribution in [0.15, 0.2) is 24.3 Å². The van der Waals surface area contributed by atoms with Crippen LogP contribution < -0.4 is 10.1 Å². The van der Waals surface area contributed by atoms with Gasteiger partial charge in [-0.15, -0.1) is 0 Å². The number of aliphatic carboxylic acids is 1. The Labute approximate surface area is 128 Å². The monoisotopic (exact) mass is 304 g/mol. The lowest BCUT2D eigenvalue weighted by Crippen LogP contribution is -2.52. The minimum atomic E-state index is -1.28. The third-order valence-electron chi connectivity index (χ3n) is 3.68. The number of aromatic nitrogens is 1. The fourth-order valence-electron chi connectivity index (χ4n) is 2.40. The molecule has 0 bridgehead atoms. The van der Waals surface area contributed by atoms with Crippen molar-refractivity contribution in [2.75, 3.05) is 7.11 Å². The van der Waals surface area contributed by atoms with Gasteiger partial charge in [0.15, 0.2) is 0 Å². The predicted octanol–water partition coefficient (Wildman–Crippen LogP) is 2.55. The molecule has 0 fully saturated rings. The van der Waals surface area contributed by atoms with Gasteiger partial charge < -0.3 is 20.1 Å². The van der Waals surface area contributed by atoms with Gasteiger partial charge in [-0.1, -0.05) is 13.3 Å². The molecule has 1 unspecified atom stereocenters. The lowest BCUT2D eigenvalue weighted by atomic mass is 9.96. The van der Waals surface area contributed by atoms with Gasteiger partial charge in [-0.05, 0) is 37.6 Å². The highest BCUT2D eigenvalue weighted by molar-refractivity contribution is 6.00. The molecular formula is C16H20N2O4. The number of carboxylic acid groups (broad SMARTS) is 1. The second-order valence-electron chi connectivity index (χ2n) is 5.48. The zero-order chi connectivity index (χ0) is 16.3. The summed E-state index contributed by atoms with van der Waals surface area (Å²) in [5.41, 5.74) is -0.161. The van der Waals surface area contributed by atoms with Crippen LogP contribution >= 0.6 is 0 Å². The molecule has 0 aliphatic carbocycles. The van der Waals surface area contributed by atoms with Gasteiger partial charge in [0.1, 0.15) is 17.0 Å². The molecule has 2 aromatic rings. The molecule has 0 saturated carbocycles. The van der Waals surface area contributed by atoms with Gasteiger partial charge in [0.25, 0.3) is 5.91 Å². The smallest absolute Gasteiger partial charge is 0.329 e. The van der Waals surface area contributed by atoms with E-state index in [9.17, 15) is 14.7 Å². The molecule has 22 heavy (non-hydrogen) atoms. The predicted molar refractivity (Wildman–Crippen MR) is 83.3 cm³/mol. The first kappa shape index (κ1) is 15.9. The van der Waals surface area contributed by atoms with Gasteiger partial charge in [-0.3, -0.25) is 4.79 Å². The highest BCUT2D eigenvalue weighted by Gasteiger charge is 2.34. The zero-order valence-electron chi connectivity index (χ0n) is 12.9. The van der Waals surface area contributed by atoms with Crippen LogP contribution in [0.1, 0.15) is 37.2 Å². The molecule has 0 radical (unpaired) electrons. The van der Waals surface area contributed by atoms with E-state index in [1.54, 1.807) is 19.2 Å². The summed E-state index contributed by atoms with van der Waals surface area (Å²) in [6.45, 7) is 3.39. The fraction of sp³-hybridized carbons (Fsp3) is 0.375. The maximum atomic E-state index is 12.3. The van der Waals surface area contributed by atoms with Crippen molar-refractivity contribution in [1.29, 1.82) is 0 Å². The number of ether oxygens (including phenoxy) is 1. The fourth-order valence-corrected chi connectivity index (χ4v) is 2.40. The number of carbonyl (C=O) groups excluding carboxylic acids is 1. The van der Waals surface area contributed by atoms with Gasteiger partial charge in [-0.25, -0.2) is 4.79 Å². The number of hydrogen-bond donors (Lipinski definition) is 3. The number of H-pyrrole nitrogens is 1. The minimum absolute atomic E-state index is 0.326. The molecule has 1 aromatic heterocycles. The van der Waals surface area contributed by atoms with E-state index in [-0.39, 0.29) is 0 Å². The van der Waals surface area contributed by atoms with Crippen molar-refractivity contribution in [2.45, 2.75) is 32.2 Å². The van der Waals surface area contributed by atoms with Crippen LogP contribution in [0.2, 0.25) is 0 Å². The highest BCUT2D eigenvalue weighted by Crippen LogP contribution is 2.22. The van der Waals surface area contributed by atoms with Crippen molar-refractivity contribution in [2.24, 2.45) is 0 Å². The second kappa shape index (κ2) is 6.09. The molecule has 2 rings (SSSR count). The molecule has 1 atom stereocenters. The largest absolute Gasteiger partial charge is 0.497 e. The summed E-state index contributed by atoms with van der Waals surface area (Å²) in [5, 5.41) is 12.8. The van der Waals surface area contributed by atoms with E-state index >= 15 is 0 Å². The average molecular weight is 304 g/mol. The van der Waals surface area contributed by atoms with E-state index in [0.717, 1.165) is 10.9 Å². The Bertz CT molecular complexity index is 707. The van der Waals surface area contributed by atoms with E-state index < -0.39 is 17.4 Å². The number of nitrogens with one attached hydrogen (secondary N) is 2. The molecule has 1 aromatic carbocycles. The maximum Gasteiger partial charge on any atom is 0.329 e. The molecular weight excluding hydrogens is 284 g/mol. The van der Waals surface area contributed by atoms with Crippen LogP contribution in [0, 0.1) is 0 Å². The molecule has 0 saturated heterocycles. The Morgan fingerprint density at radius 2 is 2.09 bits per heavy atom. The topological polar surface area (TPSA) is 91.4 Å². The number of aromatic amines is 1. The summed E-state index contributed by atoms with van der Waals surface area (Å²) < 4.78 is 5.14.